The molecule has 0 rings (SSSR count). The molecule has 0 aromatic carbocycles. The molecule has 5 nitrogen and oxygen atoms in total. The number of ketones is 1. The van der Waals surface area contributed by atoms with Gasteiger partial charge in [0.25, 0.3) is 0 Å². The van der Waals surface area contributed by atoms with Gasteiger partial charge in [0, 0.05) is 13.2 Å². The summed E-state index contributed by atoms with van der Waals surface area (Å²) in [6, 6.07) is 0. The van der Waals surface area contributed by atoms with Crippen molar-refractivity contribution < 1.29 is 24.2 Å². The summed E-state index contributed by atoms with van der Waals surface area (Å²) in [5.74, 6) is -2.90. The van der Waals surface area contributed by atoms with Crippen LogP contribution in [-0.2, 0) is 19.1 Å². The molecule has 94 valence electrons. The Balaban J connectivity index is 4.53. The molecule has 1 N–H and O–H groups in total. The van der Waals surface area contributed by atoms with Gasteiger partial charge in [0.05, 0.1) is 0 Å². The summed E-state index contributed by atoms with van der Waals surface area (Å²) in [6.07, 6.45) is 0.516. The van der Waals surface area contributed by atoms with Crippen molar-refractivity contribution in [2.24, 2.45) is 5.92 Å². The summed E-state index contributed by atoms with van der Waals surface area (Å²) in [6.45, 7) is 5.80. The number of hydrogen-bond donors (Lipinski definition) is 1. The molecule has 0 aliphatic heterocycles. The Labute approximate surface area is 95.7 Å². The number of rotatable bonds is 9. The van der Waals surface area contributed by atoms with Crippen molar-refractivity contribution in [2.45, 2.75) is 39.9 Å². The van der Waals surface area contributed by atoms with Gasteiger partial charge in [0.2, 0.25) is 0 Å². The van der Waals surface area contributed by atoms with E-state index in [9.17, 15) is 9.59 Å². The molecule has 0 bridgehead atoms. The first-order chi connectivity index (χ1) is 7.54. The second-order valence-corrected chi connectivity index (χ2v) is 3.54. The number of Topliss-reactive ketones (excluding diaryl/α,β-unsaturated/α-hetero) is 1. The standard InChI is InChI=1S/C11H20O5/c1-4-6-15-11(16-7-5-2)9(8(3)12)10(13)14/h9,11H,4-7H2,1-3H3,(H,13,14). The van der Waals surface area contributed by atoms with Gasteiger partial charge in [-0.2, -0.15) is 0 Å². The molecule has 0 heterocycles. The zero-order valence-electron chi connectivity index (χ0n) is 10.1. The SMILES string of the molecule is CCCOC(OCCC)C(C(C)=O)C(=O)O. The van der Waals surface area contributed by atoms with Gasteiger partial charge >= 0.3 is 5.97 Å². The lowest BCUT2D eigenvalue weighted by molar-refractivity contribution is -0.189. The van der Waals surface area contributed by atoms with Gasteiger partial charge in [-0.25, -0.2) is 0 Å². The maximum Gasteiger partial charge on any atom is 0.319 e. The van der Waals surface area contributed by atoms with Crippen molar-refractivity contribution in [3.05, 3.63) is 0 Å². The smallest absolute Gasteiger partial charge is 0.319 e. The molecule has 0 aromatic rings. The average Bonchev–Trinajstić information content (AvgIpc) is 2.20. The molecule has 0 amide bonds. The van der Waals surface area contributed by atoms with E-state index in [-0.39, 0.29) is 0 Å². The molecule has 0 spiro atoms. The molecule has 0 aliphatic carbocycles. The van der Waals surface area contributed by atoms with Crippen molar-refractivity contribution in [3.63, 3.8) is 0 Å². The normalized spacial score (nSPS) is 12.8. The maximum atomic E-state index is 11.2. The molecule has 1 unspecified atom stereocenters. The lowest BCUT2D eigenvalue weighted by atomic mass is 10.1. The fourth-order valence-corrected chi connectivity index (χ4v) is 1.19. The van der Waals surface area contributed by atoms with Crippen molar-refractivity contribution in [1.82, 2.24) is 0 Å². The van der Waals surface area contributed by atoms with E-state index < -0.39 is 24.0 Å². The molecule has 0 saturated carbocycles. The third kappa shape index (κ3) is 5.23. The number of carbonyl (C=O) groups is 2. The Hall–Kier alpha value is -0.940. The number of carboxylic acid groups (broad SMARTS) is 1. The van der Waals surface area contributed by atoms with Crippen LogP contribution in [0.25, 0.3) is 0 Å². The number of hydrogen-bond acceptors (Lipinski definition) is 4. The van der Waals surface area contributed by atoms with Gasteiger partial charge in [0.1, 0.15) is 5.78 Å². The highest BCUT2D eigenvalue weighted by molar-refractivity contribution is 5.97. The van der Waals surface area contributed by atoms with Gasteiger partial charge in [-0.3, -0.25) is 9.59 Å². The molecule has 0 fully saturated rings. The van der Waals surface area contributed by atoms with Crippen LogP contribution >= 0.6 is 0 Å². The Morgan fingerprint density at radius 2 is 1.56 bits per heavy atom. The largest absolute Gasteiger partial charge is 0.481 e. The molecule has 1 atom stereocenters. The molecular formula is C11H20O5. The average molecular weight is 232 g/mol. The van der Waals surface area contributed by atoms with Crippen LogP contribution in [0.3, 0.4) is 0 Å². The van der Waals surface area contributed by atoms with Crippen LogP contribution in [0.15, 0.2) is 0 Å². The van der Waals surface area contributed by atoms with E-state index in [0.717, 1.165) is 12.8 Å². The number of ether oxygens (including phenoxy) is 2. The van der Waals surface area contributed by atoms with Gasteiger partial charge in [-0.05, 0) is 19.8 Å². The highest BCUT2D eigenvalue weighted by Crippen LogP contribution is 2.13. The fraction of sp³-hybridized carbons (Fsp3) is 0.818. The van der Waals surface area contributed by atoms with Crippen molar-refractivity contribution in [3.8, 4) is 0 Å². The van der Waals surface area contributed by atoms with Gasteiger partial charge in [0.15, 0.2) is 12.2 Å². The summed E-state index contributed by atoms with van der Waals surface area (Å²) in [7, 11) is 0. The second-order valence-electron chi connectivity index (χ2n) is 3.54. The molecule has 0 radical (unpaired) electrons. The van der Waals surface area contributed by atoms with Crippen LogP contribution in [0.2, 0.25) is 0 Å². The van der Waals surface area contributed by atoms with Crippen LogP contribution in [0.1, 0.15) is 33.6 Å². The molecule has 0 aromatic heterocycles. The number of carboxylic acids is 1. The molecule has 0 saturated heterocycles. The van der Waals surface area contributed by atoms with Crippen LogP contribution in [0.5, 0.6) is 0 Å². The lowest BCUT2D eigenvalue weighted by Gasteiger charge is -2.22. The molecule has 16 heavy (non-hydrogen) atoms. The number of carbonyl (C=O) groups excluding carboxylic acids is 1. The predicted octanol–water partition coefficient (Wildman–Crippen LogP) is 1.46. The molecule has 0 aliphatic rings. The summed E-state index contributed by atoms with van der Waals surface area (Å²) in [5.41, 5.74) is 0. The highest BCUT2D eigenvalue weighted by Gasteiger charge is 2.33. The van der Waals surface area contributed by atoms with Gasteiger partial charge in [-0.1, -0.05) is 13.8 Å². The first-order valence-electron chi connectivity index (χ1n) is 5.51. The highest BCUT2D eigenvalue weighted by atomic mass is 16.7. The van der Waals surface area contributed by atoms with Crippen molar-refractivity contribution in [1.29, 1.82) is 0 Å². The van der Waals surface area contributed by atoms with Crippen molar-refractivity contribution >= 4 is 11.8 Å². The molecule has 5 heteroatoms. The minimum Gasteiger partial charge on any atom is -0.481 e. The van der Waals surface area contributed by atoms with Crippen LogP contribution in [0, 0.1) is 5.92 Å². The minimum atomic E-state index is -1.24. The maximum absolute atomic E-state index is 11.2. The van der Waals surface area contributed by atoms with Gasteiger partial charge in [-0.15, -0.1) is 0 Å². The Bertz CT molecular complexity index is 204. The predicted molar refractivity (Wildman–Crippen MR) is 58.1 cm³/mol. The Morgan fingerprint density at radius 1 is 1.12 bits per heavy atom. The number of aliphatic carboxylic acids is 1. The van der Waals surface area contributed by atoms with Crippen LogP contribution in [0.4, 0.5) is 0 Å². The quantitative estimate of drug-likeness (QED) is 0.481. The van der Waals surface area contributed by atoms with Crippen LogP contribution in [-0.4, -0.2) is 36.4 Å². The van der Waals surface area contributed by atoms with E-state index in [0.29, 0.717) is 13.2 Å². The first kappa shape index (κ1) is 15.1. The van der Waals surface area contributed by atoms with Crippen LogP contribution < -0.4 is 0 Å². The second kappa shape index (κ2) is 8.24. The summed E-state index contributed by atoms with van der Waals surface area (Å²) in [4.78, 5) is 22.1. The summed E-state index contributed by atoms with van der Waals surface area (Å²) < 4.78 is 10.5. The van der Waals surface area contributed by atoms with E-state index in [4.69, 9.17) is 14.6 Å². The monoisotopic (exact) mass is 232 g/mol. The van der Waals surface area contributed by atoms with E-state index in [1.54, 1.807) is 0 Å². The lowest BCUT2D eigenvalue weighted by Crippen LogP contribution is -2.38. The first-order valence-corrected chi connectivity index (χ1v) is 5.51. The van der Waals surface area contributed by atoms with Gasteiger partial charge < -0.3 is 14.6 Å². The Kier molecular flexibility index (Phi) is 7.76. The summed E-state index contributed by atoms with van der Waals surface area (Å²) in [5, 5.41) is 8.93. The molecular weight excluding hydrogens is 212 g/mol. The zero-order chi connectivity index (χ0) is 12.6. The van der Waals surface area contributed by atoms with E-state index in [1.807, 2.05) is 13.8 Å². The van der Waals surface area contributed by atoms with E-state index in [2.05, 4.69) is 0 Å². The van der Waals surface area contributed by atoms with E-state index >= 15 is 0 Å². The Morgan fingerprint density at radius 3 is 1.81 bits per heavy atom. The topological polar surface area (TPSA) is 72.8 Å². The fourth-order valence-electron chi connectivity index (χ4n) is 1.19. The third-order valence-electron chi connectivity index (χ3n) is 1.95. The van der Waals surface area contributed by atoms with E-state index in [1.165, 1.54) is 6.92 Å². The third-order valence-corrected chi connectivity index (χ3v) is 1.95. The zero-order valence-corrected chi connectivity index (χ0v) is 10.1. The summed E-state index contributed by atoms with van der Waals surface area (Å²) >= 11 is 0. The van der Waals surface area contributed by atoms with Crippen molar-refractivity contribution in [2.75, 3.05) is 13.2 Å². The minimum absolute atomic E-state index is 0.380.